The molecule has 2 heterocycles. The van der Waals surface area contributed by atoms with Crippen LogP contribution in [-0.4, -0.2) is 37.8 Å². The Morgan fingerprint density at radius 3 is 3.05 bits per heavy atom. The van der Waals surface area contributed by atoms with Crippen molar-refractivity contribution in [2.75, 3.05) is 31.6 Å². The molecule has 1 N–H and O–H groups in total. The Bertz CT molecular complexity index is 397. The minimum absolute atomic E-state index is 0.313. The van der Waals surface area contributed by atoms with Crippen LogP contribution in [0.2, 0.25) is 0 Å². The lowest BCUT2D eigenvalue weighted by Gasteiger charge is -2.37. The van der Waals surface area contributed by atoms with E-state index in [9.17, 15) is 0 Å². The van der Waals surface area contributed by atoms with E-state index in [-0.39, 0.29) is 0 Å². The van der Waals surface area contributed by atoms with Crippen molar-refractivity contribution < 1.29 is 4.74 Å². The summed E-state index contributed by atoms with van der Waals surface area (Å²) in [6.07, 6.45) is 1.48. The summed E-state index contributed by atoms with van der Waals surface area (Å²) in [7, 11) is 1.81. The van der Waals surface area contributed by atoms with Crippen LogP contribution < -0.4 is 10.2 Å². The van der Waals surface area contributed by atoms with Crippen LogP contribution in [0.5, 0.6) is 0 Å². The van der Waals surface area contributed by atoms with Gasteiger partial charge in [-0.05, 0) is 31.0 Å². The smallest absolute Gasteiger partial charge is 0.128 e. The van der Waals surface area contributed by atoms with Gasteiger partial charge >= 0.3 is 0 Å². The largest absolute Gasteiger partial charge is 0.379 e. The van der Waals surface area contributed by atoms with Crippen molar-refractivity contribution in [1.82, 2.24) is 10.3 Å². The molecule has 0 aliphatic carbocycles. The Morgan fingerprint density at radius 2 is 2.32 bits per heavy atom. The second-order valence-corrected chi connectivity index (χ2v) is 5.25. The molecule has 1 aliphatic rings. The normalized spacial score (nSPS) is 23.6. The first-order valence-corrected chi connectivity index (χ1v) is 7.19. The maximum Gasteiger partial charge on any atom is 0.128 e. The number of hydrogen-bond acceptors (Lipinski definition) is 4. The molecule has 0 aromatic carbocycles. The summed E-state index contributed by atoms with van der Waals surface area (Å²) in [5.74, 6) is 1.70. The molecule has 106 valence electrons. The van der Waals surface area contributed by atoms with Gasteiger partial charge in [-0.25, -0.2) is 4.98 Å². The summed E-state index contributed by atoms with van der Waals surface area (Å²) in [6.45, 7) is 8.19. The van der Waals surface area contributed by atoms with Gasteiger partial charge < -0.3 is 15.0 Å². The van der Waals surface area contributed by atoms with Crippen LogP contribution in [-0.2, 0) is 11.3 Å². The summed E-state index contributed by atoms with van der Waals surface area (Å²) in [4.78, 5) is 7.07. The molecule has 1 aromatic rings. The Hall–Kier alpha value is -1.13. The Morgan fingerprint density at radius 1 is 1.47 bits per heavy atom. The second-order valence-electron chi connectivity index (χ2n) is 5.25. The van der Waals surface area contributed by atoms with E-state index in [1.807, 2.05) is 0 Å². The Balaban J connectivity index is 2.04. The van der Waals surface area contributed by atoms with Crippen LogP contribution in [0.4, 0.5) is 5.82 Å². The number of nitrogens with one attached hydrogen (secondary N) is 1. The van der Waals surface area contributed by atoms with E-state index in [4.69, 9.17) is 9.72 Å². The molecule has 0 amide bonds. The standard InChI is InChI=1S/C15H25N3O/c1-4-16-10-13-6-5-7-15(17-13)18-9-8-12(2)14(11-18)19-3/h5-7,12,14,16H,4,8-11H2,1-3H3. The number of rotatable bonds is 5. The minimum atomic E-state index is 0.313. The number of ether oxygens (including phenoxy) is 1. The van der Waals surface area contributed by atoms with Crippen molar-refractivity contribution >= 4 is 5.82 Å². The number of anilines is 1. The van der Waals surface area contributed by atoms with Crippen molar-refractivity contribution in [2.45, 2.75) is 32.9 Å². The van der Waals surface area contributed by atoms with Gasteiger partial charge in [-0.3, -0.25) is 0 Å². The molecular weight excluding hydrogens is 238 g/mol. The molecule has 2 atom stereocenters. The summed E-state index contributed by atoms with van der Waals surface area (Å²) in [5, 5.41) is 3.32. The first-order valence-electron chi connectivity index (χ1n) is 7.19. The average Bonchev–Trinajstić information content (AvgIpc) is 2.46. The predicted molar refractivity (Wildman–Crippen MR) is 78.4 cm³/mol. The number of aromatic nitrogens is 1. The van der Waals surface area contributed by atoms with Crippen LogP contribution in [0.25, 0.3) is 0 Å². The average molecular weight is 263 g/mol. The molecule has 19 heavy (non-hydrogen) atoms. The molecule has 1 aliphatic heterocycles. The highest BCUT2D eigenvalue weighted by Gasteiger charge is 2.26. The third-order valence-corrected chi connectivity index (χ3v) is 3.86. The van der Waals surface area contributed by atoms with Crippen molar-refractivity contribution in [2.24, 2.45) is 5.92 Å². The lowest BCUT2D eigenvalue weighted by atomic mass is 9.96. The Labute approximate surface area is 116 Å². The maximum atomic E-state index is 5.57. The molecule has 2 rings (SSSR count). The van der Waals surface area contributed by atoms with Gasteiger partial charge in [-0.1, -0.05) is 19.9 Å². The van der Waals surface area contributed by atoms with Gasteiger partial charge in [-0.15, -0.1) is 0 Å². The fourth-order valence-corrected chi connectivity index (χ4v) is 2.54. The van der Waals surface area contributed by atoms with Crippen LogP contribution in [0.1, 0.15) is 26.0 Å². The number of methoxy groups -OCH3 is 1. The SMILES string of the molecule is CCNCc1cccc(N2CCC(C)C(OC)C2)n1. The van der Waals surface area contributed by atoms with E-state index in [0.717, 1.165) is 44.1 Å². The summed E-state index contributed by atoms with van der Waals surface area (Å²) in [6, 6.07) is 6.26. The van der Waals surface area contributed by atoms with Crippen molar-refractivity contribution in [1.29, 1.82) is 0 Å². The highest BCUT2D eigenvalue weighted by Crippen LogP contribution is 2.23. The summed E-state index contributed by atoms with van der Waals surface area (Å²) < 4.78 is 5.57. The number of piperidine rings is 1. The van der Waals surface area contributed by atoms with Gasteiger partial charge in [0.1, 0.15) is 5.82 Å². The van der Waals surface area contributed by atoms with E-state index in [2.05, 4.69) is 42.3 Å². The molecule has 1 saturated heterocycles. The molecule has 4 heteroatoms. The third-order valence-electron chi connectivity index (χ3n) is 3.86. The molecule has 1 aromatic heterocycles. The zero-order valence-corrected chi connectivity index (χ0v) is 12.2. The number of nitrogens with zero attached hydrogens (tertiary/aromatic N) is 2. The quantitative estimate of drug-likeness (QED) is 0.882. The lowest BCUT2D eigenvalue weighted by Crippen LogP contribution is -2.44. The number of hydrogen-bond donors (Lipinski definition) is 1. The van der Waals surface area contributed by atoms with E-state index in [1.165, 1.54) is 0 Å². The monoisotopic (exact) mass is 263 g/mol. The maximum absolute atomic E-state index is 5.57. The molecule has 0 spiro atoms. The van der Waals surface area contributed by atoms with E-state index >= 15 is 0 Å². The zero-order valence-electron chi connectivity index (χ0n) is 12.2. The molecular formula is C15H25N3O. The highest BCUT2D eigenvalue weighted by molar-refractivity contribution is 5.40. The van der Waals surface area contributed by atoms with E-state index in [0.29, 0.717) is 12.0 Å². The van der Waals surface area contributed by atoms with Gasteiger partial charge in [0.2, 0.25) is 0 Å². The van der Waals surface area contributed by atoms with Crippen LogP contribution in [0.15, 0.2) is 18.2 Å². The van der Waals surface area contributed by atoms with Crippen LogP contribution >= 0.6 is 0 Å². The van der Waals surface area contributed by atoms with Crippen molar-refractivity contribution in [3.05, 3.63) is 23.9 Å². The fourth-order valence-electron chi connectivity index (χ4n) is 2.54. The van der Waals surface area contributed by atoms with Gasteiger partial charge in [0.05, 0.1) is 11.8 Å². The van der Waals surface area contributed by atoms with Gasteiger partial charge in [0.15, 0.2) is 0 Å². The zero-order chi connectivity index (χ0) is 13.7. The molecule has 0 radical (unpaired) electrons. The van der Waals surface area contributed by atoms with Crippen LogP contribution in [0.3, 0.4) is 0 Å². The van der Waals surface area contributed by atoms with Crippen molar-refractivity contribution in [3.8, 4) is 0 Å². The molecule has 0 bridgehead atoms. The molecule has 0 saturated carbocycles. The second kappa shape index (κ2) is 6.87. The van der Waals surface area contributed by atoms with Gasteiger partial charge in [0, 0.05) is 26.7 Å². The number of pyridine rings is 1. The van der Waals surface area contributed by atoms with E-state index < -0.39 is 0 Å². The Kier molecular flexibility index (Phi) is 5.16. The van der Waals surface area contributed by atoms with Gasteiger partial charge in [0.25, 0.3) is 0 Å². The summed E-state index contributed by atoms with van der Waals surface area (Å²) in [5.41, 5.74) is 1.10. The minimum Gasteiger partial charge on any atom is -0.379 e. The molecule has 2 unspecified atom stereocenters. The van der Waals surface area contributed by atoms with Gasteiger partial charge in [-0.2, -0.15) is 0 Å². The first-order chi connectivity index (χ1) is 9.24. The fraction of sp³-hybridized carbons (Fsp3) is 0.667. The van der Waals surface area contributed by atoms with Crippen LogP contribution in [0, 0.1) is 5.92 Å². The third kappa shape index (κ3) is 3.67. The molecule has 4 nitrogen and oxygen atoms in total. The first kappa shape index (κ1) is 14.3. The topological polar surface area (TPSA) is 37.4 Å². The highest BCUT2D eigenvalue weighted by atomic mass is 16.5. The summed E-state index contributed by atoms with van der Waals surface area (Å²) >= 11 is 0. The lowest BCUT2D eigenvalue weighted by molar-refractivity contribution is 0.0496. The predicted octanol–water partition coefficient (Wildman–Crippen LogP) is 2.05. The van der Waals surface area contributed by atoms with Crippen molar-refractivity contribution in [3.63, 3.8) is 0 Å². The van der Waals surface area contributed by atoms with E-state index in [1.54, 1.807) is 7.11 Å². The molecule has 1 fully saturated rings.